The number of rotatable bonds is 2. The van der Waals surface area contributed by atoms with Gasteiger partial charge in [0.05, 0.1) is 0 Å². The normalized spacial score (nSPS) is 16.5. The third-order valence-corrected chi connectivity index (χ3v) is 3.61. The molecule has 0 unspecified atom stereocenters. The average molecular weight is 266 g/mol. The van der Waals surface area contributed by atoms with Gasteiger partial charge in [0.25, 0.3) is 0 Å². The molecule has 0 amide bonds. The Labute approximate surface area is 99.9 Å². The predicted octanol–water partition coefficient (Wildman–Crippen LogP) is 3.91. The first-order valence-electron chi connectivity index (χ1n) is 5.48. The predicted molar refractivity (Wildman–Crippen MR) is 68.6 cm³/mol. The van der Waals surface area contributed by atoms with Crippen molar-refractivity contribution in [3.8, 4) is 0 Å². The maximum Gasteiger partial charge on any atom is 0.0378 e. The number of benzene rings is 1. The highest BCUT2D eigenvalue weighted by atomic mass is 79.9. The number of nitrogens with zero attached hydrogens (tertiary/aromatic N) is 1. The van der Waals surface area contributed by atoms with E-state index in [1.54, 1.807) is 0 Å². The van der Waals surface area contributed by atoms with Gasteiger partial charge in [-0.2, -0.15) is 0 Å². The van der Waals surface area contributed by atoms with Gasteiger partial charge in [0.15, 0.2) is 0 Å². The molecule has 0 radical (unpaired) electrons. The largest absolute Gasteiger partial charge is 0.372 e. The van der Waals surface area contributed by atoms with Crippen LogP contribution in [0.3, 0.4) is 0 Å². The fourth-order valence-corrected chi connectivity index (χ4v) is 2.54. The van der Waals surface area contributed by atoms with Gasteiger partial charge in [-0.15, -0.1) is 0 Å². The molecule has 1 aromatic rings. The van der Waals surface area contributed by atoms with E-state index in [2.05, 4.69) is 45.6 Å². The molecular weight excluding hydrogens is 250 g/mol. The molecule has 1 aliphatic heterocycles. The van der Waals surface area contributed by atoms with Crippen molar-refractivity contribution >= 4 is 21.6 Å². The minimum Gasteiger partial charge on any atom is -0.372 e. The lowest BCUT2D eigenvalue weighted by Crippen LogP contribution is -2.27. The van der Waals surface area contributed by atoms with E-state index in [0.717, 1.165) is 23.3 Å². The highest BCUT2D eigenvalue weighted by Crippen LogP contribution is 2.27. The molecule has 15 heavy (non-hydrogen) atoms. The van der Waals surface area contributed by atoms with Crippen molar-refractivity contribution in [2.75, 3.05) is 13.1 Å². The third-order valence-electron chi connectivity index (χ3n) is 2.92. The molecule has 2 heteroatoms. The van der Waals surface area contributed by atoms with Gasteiger partial charge in [0, 0.05) is 28.8 Å². The highest BCUT2D eigenvalue weighted by Gasteiger charge is 2.14. The van der Waals surface area contributed by atoms with Gasteiger partial charge in [-0.1, -0.05) is 40.7 Å². The molecule has 1 aliphatic rings. The standard InChI is InChI=1S/C13H16BrN/c1-11(15-9-5-2-6-10-15)12-7-3-4-8-13(12)14/h3-4,7-8H,1-2,5-6,9-10H2. The molecule has 0 saturated carbocycles. The van der Waals surface area contributed by atoms with Gasteiger partial charge < -0.3 is 4.90 Å². The first-order valence-corrected chi connectivity index (χ1v) is 6.27. The Morgan fingerprint density at radius 1 is 1.13 bits per heavy atom. The minimum atomic E-state index is 1.14. The highest BCUT2D eigenvalue weighted by molar-refractivity contribution is 9.10. The Balaban J connectivity index is 2.16. The summed E-state index contributed by atoms with van der Waals surface area (Å²) in [6, 6.07) is 8.30. The van der Waals surface area contributed by atoms with Gasteiger partial charge in [-0.05, 0) is 25.3 Å². The van der Waals surface area contributed by atoms with Crippen LogP contribution in [0, 0.1) is 0 Å². The second-order valence-electron chi connectivity index (χ2n) is 3.97. The van der Waals surface area contributed by atoms with Crippen molar-refractivity contribution in [2.24, 2.45) is 0 Å². The smallest absolute Gasteiger partial charge is 0.0378 e. The van der Waals surface area contributed by atoms with Crippen LogP contribution in [0.25, 0.3) is 5.70 Å². The van der Waals surface area contributed by atoms with E-state index in [1.807, 2.05) is 6.07 Å². The van der Waals surface area contributed by atoms with Crippen molar-refractivity contribution < 1.29 is 0 Å². The zero-order valence-corrected chi connectivity index (χ0v) is 10.5. The molecule has 0 atom stereocenters. The van der Waals surface area contributed by atoms with Crippen molar-refractivity contribution in [1.82, 2.24) is 4.90 Å². The lowest BCUT2D eigenvalue weighted by Gasteiger charge is -2.30. The summed E-state index contributed by atoms with van der Waals surface area (Å²) in [5.74, 6) is 0. The molecule has 1 aromatic carbocycles. The fourth-order valence-electron chi connectivity index (χ4n) is 2.03. The Hall–Kier alpha value is -0.760. The summed E-state index contributed by atoms with van der Waals surface area (Å²) >= 11 is 3.58. The molecule has 0 aromatic heterocycles. The van der Waals surface area contributed by atoms with Crippen molar-refractivity contribution in [2.45, 2.75) is 19.3 Å². The van der Waals surface area contributed by atoms with E-state index in [4.69, 9.17) is 0 Å². The molecule has 1 saturated heterocycles. The van der Waals surface area contributed by atoms with Crippen LogP contribution in [-0.4, -0.2) is 18.0 Å². The summed E-state index contributed by atoms with van der Waals surface area (Å²) in [5, 5.41) is 0. The molecule has 2 rings (SSSR count). The Bertz CT molecular complexity index is 353. The zero-order chi connectivity index (χ0) is 10.7. The number of hydrogen-bond donors (Lipinski definition) is 0. The molecule has 0 N–H and O–H groups in total. The molecule has 1 fully saturated rings. The van der Waals surface area contributed by atoms with E-state index in [0.29, 0.717) is 0 Å². The van der Waals surface area contributed by atoms with Crippen LogP contribution in [0.2, 0.25) is 0 Å². The van der Waals surface area contributed by atoms with E-state index >= 15 is 0 Å². The molecule has 0 spiro atoms. The molecule has 0 bridgehead atoms. The van der Waals surface area contributed by atoms with Crippen molar-refractivity contribution in [3.05, 3.63) is 40.9 Å². The second-order valence-corrected chi connectivity index (χ2v) is 4.83. The SMILES string of the molecule is C=C(c1ccccc1Br)N1CCCCC1. The first kappa shape index (κ1) is 10.7. The third kappa shape index (κ3) is 2.43. The first-order chi connectivity index (χ1) is 7.29. The van der Waals surface area contributed by atoms with E-state index in [-0.39, 0.29) is 0 Å². The molecule has 1 heterocycles. The summed E-state index contributed by atoms with van der Waals surface area (Å²) in [6.07, 6.45) is 3.95. The van der Waals surface area contributed by atoms with E-state index < -0.39 is 0 Å². The Kier molecular flexibility index (Phi) is 3.47. The van der Waals surface area contributed by atoms with Crippen molar-refractivity contribution in [3.63, 3.8) is 0 Å². The van der Waals surface area contributed by atoms with Gasteiger partial charge in [-0.25, -0.2) is 0 Å². The maximum absolute atomic E-state index is 4.21. The lowest BCUT2D eigenvalue weighted by molar-refractivity contribution is 0.326. The summed E-state index contributed by atoms with van der Waals surface area (Å²) in [4.78, 5) is 2.39. The Morgan fingerprint density at radius 3 is 2.47 bits per heavy atom. The molecule has 0 aliphatic carbocycles. The maximum atomic E-state index is 4.21. The average Bonchev–Trinajstić information content (AvgIpc) is 2.30. The van der Waals surface area contributed by atoms with Gasteiger partial charge in [0.1, 0.15) is 0 Å². The van der Waals surface area contributed by atoms with Crippen LogP contribution >= 0.6 is 15.9 Å². The van der Waals surface area contributed by atoms with Crippen LogP contribution in [0.5, 0.6) is 0 Å². The Morgan fingerprint density at radius 2 is 1.80 bits per heavy atom. The lowest BCUT2D eigenvalue weighted by atomic mass is 10.1. The summed E-state index contributed by atoms with van der Waals surface area (Å²) in [7, 11) is 0. The van der Waals surface area contributed by atoms with Gasteiger partial charge >= 0.3 is 0 Å². The monoisotopic (exact) mass is 265 g/mol. The van der Waals surface area contributed by atoms with Crippen LogP contribution < -0.4 is 0 Å². The quantitative estimate of drug-likeness (QED) is 0.784. The van der Waals surface area contributed by atoms with Gasteiger partial charge in [-0.3, -0.25) is 0 Å². The van der Waals surface area contributed by atoms with Crippen LogP contribution in [0.15, 0.2) is 35.3 Å². The van der Waals surface area contributed by atoms with Gasteiger partial charge in [0.2, 0.25) is 0 Å². The minimum absolute atomic E-state index is 1.14. The molecular formula is C13H16BrN. The van der Waals surface area contributed by atoms with E-state index in [9.17, 15) is 0 Å². The van der Waals surface area contributed by atoms with Crippen LogP contribution in [-0.2, 0) is 0 Å². The van der Waals surface area contributed by atoms with E-state index in [1.165, 1.54) is 24.8 Å². The molecule has 1 nitrogen and oxygen atoms in total. The second kappa shape index (κ2) is 4.84. The topological polar surface area (TPSA) is 3.24 Å². The number of piperidine rings is 1. The summed E-state index contributed by atoms with van der Waals surface area (Å²) in [5.41, 5.74) is 2.38. The summed E-state index contributed by atoms with van der Waals surface area (Å²) < 4.78 is 1.14. The number of hydrogen-bond acceptors (Lipinski definition) is 1. The number of likely N-dealkylation sites (tertiary alicyclic amines) is 1. The molecule has 80 valence electrons. The summed E-state index contributed by atoms with van der Waals surface area (Å²) in [6.45, 7) is 6.51. The number of halogens is 1. The van der Waals surface area contributed by atoms with Crippen LogP contribution in [0.4, 0.5) is 0 Å². The zero-order valence-electron chi connectivity index (χ0n) is 8.88. The van der Waals surface area contributed by atoms with Crippen LogP contribution in [0.1, 0.15) is 24.8 Å². The van der Waals surface area contributed by atoms with Crippen molar-refractivity contribution in [1.29, 1.82) is 0 Å². The fraction of sp³-hybridized carbons (Fsp3) is 0.385.